The molecule has 0 aliphatic carbocycles. The molecule has 80 valence electrons. The monoisotopic (exact) mass is 222 g/mol. The third-order valence-electron chi connectivity index (χ3n) is 2.06. The highest BCUT2D eigenvalue weighted by Gasteiger charge is 2.38. The summed E-state index contributed by atoms with van der Waals surface area (Å²) in [5.41, 5.74) is -0.727. The number of carboxylic acid groups (broad SMARTS) is 1. The Morgan fingerprint density at radius 3 is 2.71 bits per heavy atom. The van der Waals surface area contributed by atoms with Crippen LogP contribution < -0.4 is 0 Å². The molecule has 2 atom stereocenters. The Labute approximate surface area is 80.3 Å². The molecule has 0 amide bonds. The fourth-order valence-corrected chi connectivity index (χ4v) is 2.82. The van der Waals surface area contributed by atoms with Gasteiger partial charge in [-0.3, -0.25) is 14.2 Å². The van der Waals surface area contributed by atoms with Crippen molar-refractivity contribution in [1.29, 1.82) is 0 Å². The van der Waals surface area contributed by atoms with Gasteiger partial charge >= 0.3 is 11.9 Å². The highest BCUT2D eigenvalue weighted by Crippen LogP contribution is 2.50. The van der Waals surface area contributed by atoms with Gasteiger partial charge in [-0.1, -0.05) is 0 Å². The first-order valence-electron chi connectivity index (χ1n) is 4.11. The lowest BCUT2D eigenvalue weighted by molar-refractivity contribution is -0.138. The normalized spacial score (nSPS) is 25.5. The standard InChI is InChI=1S/C7H11O6P/c8-6(9)1-2-14(11,12)5-3-7(10)13-4-5/h5H,1-4H2,(H,8,9)(H,11,12)/t5-/m1/s1. The van der Waals surface area contributed by atoms with E-state index in [-0.39, 0.29) is 25.6 Å². The molecule has 0 aromatic heterocycles. The zero-order valence-corrected chi connectivity index (χ0v) is 8.27. The van der Waals surface area contributed by atoms with E-state index in [0.717, 1.165) is 0 Å². The van der Waals surface area contributed by atoms with Crippen molar-refractivity contribution in [3.05, 3.63) is 0 Å². The van der Waals surface area contributed by atoms with Crippen LogP contribution >= 0.6 is 7.37 Å². The van der Waals surface area contributed by atoms with Crippen LogP contribution in [0.15, 0.2) is 0 Å². The van der Waals surface area contributed by atoms with Crippen LogP contribution in [0.2, 0.25) is 0 Å². The number of carbonyl (C=O) groups is 2. The van der Waals surface area contributed by atoms with Gasteiger partial charge < -0.3 is 14.7 Å². The smallest absolute Gasteiger partial charge is 0.306 e. The van der Waals surface area contributed by atoms with E-state index in [9.17, 15) is 19.0 Å². The highest BCUT2D eigenvalue weighted by molar-refractivity contribution is 7.58. The van der Waals surface area contributed by atoms with Crippen molar-refractivity contribution in [3.8, 4) is 0 Å². The topological polar surface area (TPSA) is 101 Å². The summed E-state index contributed by atoms with van der Waals surface area (Å²) in [4.78, 5) is 30.3. The predicted octanol–water partition coefficient (Wildman–Crippen LogP) is 0.0470. The molecule has 7 heteroatoms. The summed E-state index contributed by atoms with van der Waals surface area (Å²) in [6.45, 7) is -0.0772. The van der Waals surface area contributed by atoms with Gasteiger partial charge in [0.25, 0.3) is 0 Å². The second-order valence-electron chi connectivity index (χ2n) is 3.16. The molecule has 6 nitrogen and oxygen atoms in total. The van der Waals surface area contributed by atoms with Gasteiger partial charge in [0.2, 0.25) is 7.37 Å². The second kappa shape index (κ2) is 4.11. The molecule has 1 aliphatic heterocycles. The van der Waals surface area contributed by atoms with Crippen LogP contribution in [0, 0.1) is 0 Å². The summed E-state index contributed by atoms with van der Waals surface area (Å²) in [6, 6.07) is 0. The number of hydrogen-bond acceptors (Lipinski definition) is 4. The third-order valence-corrected chi connectivity index (χ3v) is 4.39. The summed E-state index contributed by atoms with van der Waals surface area (Å²) in [5.74, 6) is -1.62. The molecule has 1 fully saturated rings. The first kappa shape index (κ1) is 11.2. The minimum Gasteiger partial charge on any atom is -0.481 e. The number of rotatable bonds is 4. The molecule has 0 bridgehead atoms. The largest absolute Gasteiger partial charge is 0.481 e. The van der Waals surface area contributed by atoms with Crippen molar-refractivity contribution in [1.82, 2.24) is 0 Å². The van der Waals surface area contributed by atoms with E-state index in [4.69, 9.17) is 5.11 Å². The Kier molecular flexibility index (Phi) is 3.29. The molecule has 1 saturated heterocycles. The summed E-state index contributed by atoms with van der Waals surface area (Å²) in [5, 5.41) is 8.34. The molecule has 0 saturated carbocycles. The lowest BCUT2D eigenvalue weighted by Gasteiger charge is -2.14. The Morgan fingerprint density at radius 1 is 1.64 bits per heavy atom. The molecule has 1 rings (SSSR count). The van der Waals surface area contributed by atoms with Gasteiger partial charge in [0.15, 0.2) is 0 Å². The van der Waals surface area contributed by atoms with Gasteiger partial charge in [-0.05, 0) is 0 Å². The predicted molar refractivity (Wildman–Crippen MR) is 46.3 cm³/mol. The van der Waals surface area contributed by atoms with Gasteiger partial charge in [0.1, 0.15) is 6.61 Å². The average Bonchev–Trinajstić information content (AvgIpc) is 2.49. The van der Waals surface area contributed by atoms with Crippen LogP contribution in [0.3, 0.4) is 0 Å². The number of hydrogen-bond donors (Lipinski definition) is 2. The maximum absolute atomic E-state index is 11.5. The Hall–Kier alpha value is -0.870. The van der Waals surface area contributed by atoms with Crippen molar-refractivity contribution in [2.24, 2.45) is 0 Å². The third kappa shape index (κ3) is 2.82. The molecule has 14 heavy (non-hydrogen) atoms. The first-order chi connectivity index (χ1) is 6.42. The van der Waals surface area contributed by atoms with Crippen LogP contribution in [-0.2, 0) is 18.9 Å². The molecule has 1 unspecified atom stereocenters. The maximum Gasteiger partial charge on any atom is 0.306 e. The lowest BCUT2D eigenvalue weighted by atomic mass is 10.4. The summed E-state index contributed by atoms with van der Waals surface area (Å²) < 4.78 is 16.1. The van der Waals surface area contributed by atoms with Crippen LogP contribution in [0.5, 0.6) is 0 Å². The van der Waals surface area contributed by atoms with E-state index in [1.165, 1.54) is 0 Å². The summed E-state index contributed by atoms with van der Waals surface area (Å²) in [6.07, 6.45) is -0.754. The number of carbonyl (C=O) groups excluding carboxylic acids is 1. The molecule has 1 aliphatic rings. The number of ether oxygens (including phenoxy) is 1. The van der Waals surface area contributed by atoms with Gasteiger partial charge in [-0.2, -0.15) is 0 Å². The fourth-order valence-electron chi connectivity index (χ4n) is 1.20. The zero-order chi connectivity index (χ0) is 10.8. The molecule has 0 spiro atoms. The number of cyclic esters (lactones) is 1. The van der Waals surface area contributed by atoms with E-state index in [2.05, 4.69) is 4.74 Å². The average molecular weight is 222 g/mol. The molecule has 2 N–H and O–H groups in total. The number of carboxylic acids is 1. The Balaban J connectivity index is 2.52. The summed E-state index contributed by atoms with van der Waals surface area (Å²) >= 11 is 0. The van der Waals surface area contributed by atoms with Crippen molar-refractivity contribution in [2.75, 3.05) is 12.8 Å². The Morgan fingerprint density at radius 2 is 2.29 bits per heavy atom. The van der Waals surface area contributed by atoms with E-state index in [1.54, 1.807) is 0 Å². The van der Waals surface area contributed by atoms with Crippen LogP contribution in [0.4, 0.5) is 0 Å². The van der Waals surface area contributed by atoms with Gasteiger partial charge in [-0.15, -0.1) is 0 Å². The van der Waals surface area contributed by atoms with Crippen LogP contribution in [0.1, 0.15) is 12.8 Å². The van der Waals surface area contributed by atoms with Gasteiger partial charge in [0, 0.05) is 6.16 Å². The number of esters is 1. The number of aliphatic carboxylic acids is 1. The molecular weight excluding hydrogens is 211 g/mol. The Bertz CT molecular complexity index is 299. The van der Waals surface area contributed by atoms with E-state index in [0.29, 0.717) is 0 Å². The van der Waals surface area contributed by atoms with Crippen molar-refractivity contribution in [3.63, 3.8) is 0 Å². The zero-order valence-electron chi connectivity index (χ0n) is 7.38. The molecule has 0 aromatic carbocycles. The fraction of sp³-hybridized carbons (Fsp3) is 0.714. The van der Waals surface area contributed by atoms with E-state index < -0.39 is 25.0 Å². The lowest BCUT2D eigenvalue weighted by Crippen LogP contribution is -2.12. The van der Waals surface area contributed by atoms with Crippen molar-refractivity contribution >= 4 is 19.3 Å². The minimum absolute atomic E-state index is 0.0772. The quantitative estimate of drug-likeness (QED) is 0.514. The van der Waals surface area contributed by atoms with Crippen LogP contribution in [0.25, 0.3) is 0 Å². The summed E-state index contributed by atoms with van der Waals surface area (Å²) in [7, 11) is -3.56. The first-order valence-corrected chi connectivity index (χ1v) is 6.02. The second-order valence-corrected chi connectivity index (χ2v) is 5.85. The van der Waals surface area contributed by atoms with E-state index in [1.807, 2.05) is 0 Å². The minimum atomic E-state index is -3.56. The van der Waals surface area contributed by atoms with Crippen LogP contribution in [-0.4, -0.2) is 40.4 Å². The molecular formula is C7H11O6P. The highest BCUT2D eigenvalue weighted by atomic mass is 31.2. The molecule has 0 radical (unpaired) electrons. The molecule has 0 aromatic rings. The molecule has 1 heterocycles. The van der Waals surface area contributed by atoms with Gasteiger partial charge in [0.05, 0.1) is 18.5 Å². The van der Waals surface area contributed by atoms with Crippen molar-refractivity contribution in [2.45, 2.75) is 18.5 Å². The SMILES string of the molecule is O=C(O)CCP(=O)(O)[C@H]1COC(=O)C1. The van der Waals surface area contributed by atoms with E-state index >= 15 is 0 Å². The van der Waals surface area contributed by atoms with Gasteiger partial charge in [-0.25, -0.2) is 0 Å². The maximum atomic E-state index is 11.5. The van der Waals surface area contributed by atoms with Crippen molar-refractivity contribution < 1.29 is 28.9 Å².